The number of nitrogens with zero attached hydrogens (tertiary/aromatic N) is 2. The van der Waals surface area contributed by atoms with E-state index in [-0.39, 0.29) is 17.8 Å². The number of rotatable bonds is 7. The number of halogens is 1. The standard InChI is InChI=1S/C18H18ClN3O5/c1-21(2)15-7-6-13(9-16(15)22(25)26)18(24)27-11-17(23)20-10-12-4-3-5-14(19)8-12/h3-9H,10-11H2,1-2H3,(H,20,23). The van der Waals surface area contributed by atoms with Crippen LogP contribution in [0.15, 0.2) is 42.5 Å². The van der Waals surface area contributed by atoms with Gasteiger partial charge < -0.3 is 15.0 Å². The van der Waals surface area contributed by atoms with Crippen LogP contribution in [-0.4, -0.2) is 37.5 Å². The summed E-state index contributed by atoms with van der Waals surface area (Å²) in [5, 5.41) is 14.3. The number of nitro benzene ring substituents is 1. The zero-order valence-corrected chi connectivity index (χ0v) is 15.5. The molecule has 1 N–H and O–H groups in total. The third-order valence-electron chi connectivity index (χ3n) is 3.60. The molecule has 142 valence electrons. The number of anilines is 1. The average molecular weight is 392 g/mol. The number of benzene rings is 2. The minimum atomic E-state index is -0.818. The molecule has 0 atom stereocenters. The van der Waals surface area contributed by atoms with Crippen LogP contribution in [0, 0.1) is 10.1 Å². The number of ether oxygens (including phenoxy) is 1. The maximum absolute atomic E-state index is 12.1. The van der Waals surface area contributed by atoms with E-state index in [1.807, 2.05) is 0 Å². The molecule has 2 aromatic rings. The van der Waals surface area contributed by atoms with Gasteiger partial charge in [0.05, 0.1) is 10.5 Å². The van der Waals surface area contributed by atoms with Gasteiger partial charge in [-0.3, -0.25) is 14.9 Å². The van der Waals surface area contributed by atoms with Gasteiger partial charge in [0.25, 0.3) is 11.6 Å². The Morgan fingerprint density at radius 1 is 1.22 bits per heavy atom. The van der Waals surface area contributed by atoms with Gasteiger partial charge in [-0.1, -0.05) is 23.7 Å². The summed E-state index contributed by atoms with van der Waals surface area (Å²) in [6.07, 6.45) is 0. The number of carbonyl (C=O) groups is 2. The van der Waals surface area contributed by atoms with E-state index in [1.165, 1.54) is 12.1 Å². The van der Waals surface area contributed by atoms with Crippen molar-refractivity contribution in [1.82, 2.24) is 5.32 Å². The van der Waals surface area contributed by atoms with Crippen LogP contribution in [0.2, 0.25) is 5.02 Å². The molecule has 27 heavy (non-hydrogen) atoms. The van der Waals surface area contributed by atoms with E-state index in [4.69, 9.17) is 16.3 Å². The first-order valence-electron chi connectivity index (χ1n) is 7.92. The van der Waals surface area contributed by atoms with Gasteiger partial charge in [-0.15, -0.1) is 0 Å². The first-order valence-corrected chi connectivity index (χ1v) is 8.29. The fourth-order valence-electron chi connectivity index (χ4n) is 2.29. The van der Waals surface area contributed by atoms with E-state index in [0.29, 0.717) is 10.7 Å². The van der Waals surface area contributed by atoms with Crippen molar-refractivity contribution in [3.8, 4) is 0 Å². The maximum Gasteiger partial charge on any atom is 0.338 e. The topological polar surface area (TPSA) is 102 Å². The number of esters is 1. The van der Waals surface area contributed by atoms with E-state index in [9.17, 15) is 19.7 Å². The summed E-state index contributed by atoms with van der Waals surface area (Å²) < 4.78 is 4.92. The van der Waals surface area contributed by atoms with Crippen LogP contribution in [0.25, 0.3) is 0 Å². The van der Waals surface area contributed by atoms with E-state index < -0.39 is 23.4 Å². The monoisotopic (exact) mass is 391 g/mol. The van der Waals surface area contributed by atoms with E-state index in [0.717, 1.165) is 11.6 Å². The quantitative estimate of drug-likeness (QED) is 0.442. The van der Waals surface area contributed by atoms with Crippen molar-refractivity contribution in [2.24, 2.45) is 0 Å². The molecule has 0 aliphatic rings. The fourth-order valence-corrected chi connectivity index (χ4v) is 2.50. The van der Waals surface area contributed by atoms with Crippen LogP contribution in [0.3, 0.4) is 0 Å². The normalized spacial score (nSPS) is 10.2. The smallest absolute Gasteiger partial charge is 0.338 e. The van der Waals surface area contributed by atoms with Crippen LogP contribution in [0.5, 0.6) is 0 Å². The minimum absolute atomic E-state index is 0.00468. The van der Waals surface area contributed by atoms with Gasteiger partial charge in [-0.25, -0.2) is 4.79 Å². The lowest BCUT2D eigenvalue weighted by molar-refractivity contribution is -0.384. The molecule has 9 heteroatoms. The third-order valence-corrected chi connectivity index (χ3v) is 3.84. The predicted molar refractivity (Wildman–Crippen MR) is 101 cm³/mol. The van der Waals surface area contributed by atoms with Crippen molar-refractivity contribution in [1.29, 1.82) is 0 Å². The number of hydrogen-bond donors (Lipinski definition) is 1. The summed E-state index contributed by atoms with van der Waals surface area (Å²) in [6, 6.07) is 11.0. The second-order valence-corrected chi connectivity index (χ2v) is 6.27. The molecule has 0 aliphatic carbocycles. The van der Waals surface area contributed by atoms with Gasteiger partial charge in [0, 0.05) is 31.7 Å². The maximum atomic E-state index is 12.1. The highest BCUT2D eigenvalue weighted by Gasteiger charge is 2.20. The molecule has 2 rings (SSSR count). The van der Waals surface area contributed by atoms with Crippen LogP contribution < -0.4 is 10.2 Å². The Kier molecular flexibility index (Phi) is 6.73. The highest BCUT2D eigenvalue weighted by Crippen LogP contribution is 2.27. The lowest BCUT2D eigenvalue weighted by Crippen LogP contribution is -2.28. The molecular formula is C18H18ClN3O5. The van der Waals surface area contributed by atoms with Crippen LogP contribution in [-0.2, 0) is 16.1 Å². The Labute approximate surface area is 160 Å². The number of nitrogens with one attached hydrogen (secondary N) is 1. The van der Waals surface area contributed by atoms with Gasteiger partial charge in [-0.2, -0.15) is 0 Å². The Hall–Kier alpha value is -3.13. The lowest BCUT2D eigenvalue weighted by Gasteiger charge is -2.13. The van der Waals surface area contributed by atoms with Crippen molar-refractivity contribution >= 4 is 34.9 Å². The van der Waals surface area contributed by atoms with Crippen molar-refractivity contribution in [3.05, 3.63) is 68.7 Å². The molecule has 0 aromatic heterocycles. The summed E-state index contributed by atoms with van der Waals surface area (Å²) in [4.78, 5) is 36.0. The fraction of sp³-hybridized carbons (Fsp3) is 0.222. The van der Waals surface area contributed by atoms with Gasteiger partial charge in [-0.05, 0) is 29.8 Å². The highest BCUT2D eigenvalue weighted by atomic mass is 35.5. The molecule has 0 aliphatic heterocycles. The summed E-state index contributed by atoms with van der Waals surface area (Å²) >= 11 is 5.86. The molecule has 0 heterocycles. The molecule has 8 nitrogen and oxygen atoms in total. The van der Waals surface area contributed by atoms with Crippen molar-refractivity contribution in [2.45, 2.75) is 6.54 Å². The van der Waals surface area contributed by atoms with Crippen molar-refractivity contribution < 1.29 is 19.2 Å². The third kappa shape index (κ3) is 5.68. The van der Waals surface area contributed by atoms with Gasteiger partial charge in [0.2, 0.25) is 0 Å². The van der Waals surface area contributed by atoms with Crippen molar-refractivity contribution in [2.75, 3.05) is 25.6 Å². The minimum Gasteiger partial charge on any atom is -0.452 e. The second-order valence-electron chi connectivity index (χ2n) is 5.84. The summed E-state index contributed by atoms with van der Waals surface area (Å²) in [5.74, 6) is -1.32. The number of amides is 1. The first-order chi connectivity index (χ1) is 12.8. The SMILES string of the molecule is CN(C)c1ccc(C(=O)OCC(=O)NCc2cccc(Cl)c2)cc1[N+](=O)[O-]. The zero-order chi connectivity index (χ0) is 20.0. The summed E-state index contributed by atoms with van der Waals surface area (Å²) in [5.41, 5.74) is 0.933. The summed E-state index contributed by atoms with van der Waals surface area (Å²) in [6.45, 7) is -0.261. The van der Waals surface area contributed by atoms with Crippen LogP contribution in [0.1, 0.15) is 15.9 Å². The molecule has 0 radical (unpaired) electrons. The van der Waals surface area contributed by atoms with E-state index in [1.54, 1.807) is 43.3 Å². The van der Waals surface area contributed by atoms with E-state index in [2.05, 4.69) is 5.32 Å². The lowest BCUT2D eigenvalue weighted by atomic mass is 10.1. The summed E-state index contributed by atoms with van der Waals surface area (Å²) in [7, 11) is 3.31. The van der Waals surface area contributed by atoms with Gasteiger partial charge in [0.15, 0.2) is 6.61 Å². The molecule has 2 aromatic carbocycles. The number of nitro groups is 1. The largest absolute Gasteiger partial charge is 0.452 e. The molecule has 0 fully saturated rings. The Balaban J connectivity index is 1.94. The van der Waals surface area contributed by atoms with Gasteiger partial charge in [0.1, 0.15) is 5.69 Å². The predicted octanol–water partition coefficient (Wildman–Crippen LogP) is 2.79. The van der Waals surface area contributed by atoms with Crippen molar-refractivity contribution in [3.63, 3.8) is 0 Å². The van der Waals surface area contributed by atoms with E-state index >= 15 is 0 Å². The molecular weight excluding hydrogens is 374 g/mol. The highest BCUT2D eigenvalue weighted by molar-refractivity contribution is 6.30. The zero-order valence-electron chi connectivity index (χ0n) is 14.8. The second kappa shape index (κ2) is 9.00. The Morgan fingerprint density at radius 2 is 1.96 bits per heavy atom. The number of carbonyl (C=O) groups excluding carboxylic acids is 2. The van der Waals surface area contributed by atoms with Crippen LogP contribution >= 0.6 is 11.6 Å². The first kappa shape index (κ1) is 20.2. The molecule has 0 unspecified atom stereocenters. The molecule has 0 spiro atoms. The van der Waals surface area contributed by atoms with Gasteiger partial charge >= 0.3 is 5.97 Å². The average Bonchev–Trinajstić information content (AvgIpc) is 2.63. The Bertz CT molecular complexity index is 870. The molecule has 0 bridgehead atoms. The Morgan fingerprint density at radius 3 is 2.59 bits per heavy atom. The van der Waals surface area contributed by atoms with Crippen LogP contribution in [0.4, 0.5) is 11.4 Å². The molecule has 1 amide bonds. The molecule has 0 saturated heterocycles. The molecule has 0 saturated carbocycles. The number of hydrogen-bond acceptors (Lipinski definition) is 6.